The average molecular weight is 186 g/mol. The third kappa shape index (κ3) is 2.34. The molecule has 0 amide bonds. The molecule has 0 spiro atoms. The average Bonchev–Trinajstić information content (AvgIpc) is 1.80. The quantitative estimate of drug-likeness (QED) is 0.626. The van der Waals surface area contributed by atoms with Crippen molar-refractivity contribution in [1.29, 1.82) is 0 Å². The first-order valence-electron chi connectivity index (χ1n) is 4.46. The molecule has 0 atom stereocenters. The van der Waals surface area contributed by atoms with Crippen LogP contribution in [0.5, 0.6) is 0 Å². The van der Waals surface area contributed by atoms with E-state index in [4.69, 9.17) is 12.2 Å². The highest BCUT2D eigenvalue weighted by Gasteiger charge is 2.35. The first-order chi connectivity index (χ1) is 5.41. The highest BCUT2D eigenvalue weighted by molar-refractivity contribution is 7.80. The molecule has 0 aliphatic carbocycles. The molecule has 1 aliphatic heterocycles. The lowest BCUT2D eigenvalue weighted by Crippen LogP contribution is -2.58. The molecule has 0 radical (unpaired) electrons. The highest BCUT2D eigenvalue weighted by atomic mass is 32.1. The number of hydrogen-bond acceptors (Lipinski definition) is 1. The smallest absolute Gasteiger partial charge is 0.169 e. The minimum absolute atomic E-state index is 0.446. The zero-order valence-electron chi connectivity index (χ0n) is 8.35. The summed E-state index contributed by atoms with van der Waals surface area (Å²) < 4.78 is 0. The molecule has 0 aromatic heterocycles. The molecular weight excluding hydrogens is 168 g/mol. The van der Waals surface area contributed by atoms with Gasteiger partial charge in [-0.3, -0.25) is 0 Å². The van der Waals surface area contributed by atoms with E-state index in [1.54, 1.807) is 0 Å². The van der Waals surface area contributed by atoms with E-state index in [9.17, 15) is 0 Å². The van der Waals surface area contributed by atoms with E-state index in [0.717, 1.165) is 18.2 Å². The van der Waals surface area contributed by atoms with Gasteiger partial charge in [0, 0.05) is 19.1 Å². The monoisotopic (exact) mass is 186 g/mol. The maximum Gasteiger partial charge on any atom is 0.169 e. The van der Waals surface area contributed by atoms with Crippen molar-refractivity contribution in [2.24, 2.45) is 5.41 Å². The molecular formula is C9H18N2S. The topological polar surface area (TPSA) is 15.3 Å². The van der Waals surface area contributed by atoms with Crippen LogP contribution in [0.3, 0.4) is 0 Å². The fourth-order valence-corrected chi connectivity index (χ4v) is 1.83. The van der Waals surface area contributed by atoms with Crippen molar-refractivity contribution in [1.82, 2.24) is 10.2 Å². The van der Waals surface area contributed by atoms with Gasteiger partial charge in [0.15, 0.2) is 5.11 Å². The second-order valence-electron chi connectivity index (χ2n) is 4.62. The predicted octanol–water partition coefficient (Wildman–Crippen LogP) is 1.61. The summed E-state index contributed by atoms with van der Waals surface area (Å²) in [5, 5.41) is 4.15. The van der Waals surface area contributed by atoms with Crippen LogP contribution < -0.4 is 5.32 Å². The summed E-state index contributed by atoms with van der Waals surface area (Å²) in [6.45, 7) is 10.9. The summed E-state index contributed by atoms with van der Waals surface area (Å²) in [4.78, 5) is 2.22. The van der Waals surface area contributed by atoms with Gasteiger partial charge in [-0.1, -0.05) is 13.8 Å². The van der Waals surface area contributed by atoms with Gasteiger partial charge in [-0.15, -0.1) is 0 Å². The van der Waals surface area contributed by atoms with Gasteiger partial charge in [0.2, 0.25) is 0 Å². The minimum Gasteiger partial charge on any atom is -0.360 e. The second kappa shape index (κ2) is 3.21. The summed E-state index contributed by atoms with van der Waals surface area (Å²) in [7, 11) is 0. The van der Waals surface area contributed by atoms with Crippen molar-refractivity contribution in [2.45, 2.75) is 33.7 Å². The lowest BCUT2D eigenvalue weighted by Gasteiger charge is -2.47. The van der Waals surface area contributed by atoms with Crippen molar-refractivity contribution < 1.29 is 0 Å². The Morgan fingerprint density at radius 2 is 1.92 bits per heavy atom. The van der Waals surface area contributed by atoms with E-state index in [1.165, 1.54) is 0 Å². The first kappa shape index (κ1) is 9.78. The van der Waals surface area contributed by atoms with Gasteiger partial charge in [-0.2, -0.15) is 0 Å². The van der Waals surface area contributed by atoms with Crippen LogP contribution >= 0.6 is 12.2 Å². The molecule has 0 bridgehead atoms. The minimum atomic E-state index is 0.446. The first-order valence-corrected chi connectivity index (χ1v) is 4.87. The molecule has 12 heavy (non-hydrogen) atoms. The Balaban J connectivity index is 2.29. The third-order valence-corrected chi connectivity index (χ3v) is 2.31. The molecule has 2 nitrogen and oxygen atoms in total. The van der Waals surface area contributed by atoms with Gasteiger partial charge in [-0.05, 0) is 31.5 Å². The number of likely N-dealkylation sites (tertiary alicyclic amines) is 1. The van der Waals surface area contributed by atoms with Crippen molar-refractivity contribution in [2.75, 3.05) is 13.1 Å². The van der Waals surface area contributed by atoms with Gasteiger partial charge in [-0.25, -0.2) is 0 Å². The molecule has 1 heterocycles. The van der Waals surface area contributed by atoms with E-state index < -0.39 is 0 Å². The van der Waals surface area contributed by atoms with Crippen molar-refractivity contribution in [3.63, 3.8) is 0 Å². The van der Waals surface area contributed by atoms with Crippen LogP contribution in [0.25, 0.3) is 0 Å². The Bertz CT molecular complexity index is 179. The van der Waals surface area contributed by atoms with Crippen LogP contribution in [0.4, 0.5) is 0 Å². The lowest BCUT2D eigenvalue weighted by atomic mass is 9.85. The van der Waals surface area contributed by atoms with Crippen LogP contribution in [0, 0.1) is 5.41 Å². The number of rotatable bonds is 1. The molecule has 0 aromatic carbocycles. The van der Waals surface area contributed by atoms with Crippen LogP contribution in [-0.2, 0) is 0 Å². The SMILES string of the molecule is CC(C)NC(=S)N1CC(C)(C)C1. The lowest BCUT2D eigenvalue weighted by molar-refractivity contribution is 0.0972. The Morgan fingerprint density at radius 3 is 2.25 bits per heavy atom. The molecule has 0 saturated carbocycles. The third-order valence-electron chi connectivity index (χ3n) is 1.94. The summed E-state index contributed by atoms with van der Waals surface area (Å²) in [5.74, 6) is 0. The van der Waals surface area contributed by atoms with E-state index in [0.29, 0.717) is 11.5 Å². The normalized spacial score (nSPS) is 20.6. The molecule has 3 heteroatoms. The predicted molar refractivity (Wildman–Crippen MR) is 56.2 cm³/mol. The summed E-state index contributed by atoms with van der Waals surface area (Å²) >= 11 is 5.22. The summed E-state index contributed by atoms with van der Waals surface area (Å²) in [6.07, 6.45) is 0. The van der Waals surface area contributed by atoms with Crippen LogP contribution in [0.1, 0.15) is 27.7 Å². The van der Waals surface area contributed by atoms with Gasteiger partial charge in [0.1, 0.15) is 0 Å². The summed E-state index contributed by atoms with van der Waals surface area (Å²) in [5.41, 5.74) is 0.461. The Kier molecular flexibility index (Phi) is 2.61. The van der Waals surface area contributed by atoms with Gasteiger partial charge >= 0.3 is 0 Å². The summed E-state index contributed by atoms with van der Waals surface area (Å²) in [6, 6.07) is 0.446. The molecule has 0 aromatic rings. The second-order valence-corrected chi connectivity index (χ2v) is 5.01. The zero-order valence-corrected chi connectivity index (χ0v) is 9.16. The number of nitrogens with zero attached hydrogens (tertiary/aromatic N) is 1. The van der Waals surface area contributed by atoms with E-state index in [-0.39, 0.29) is 0 Å². The molecule has 0 unspecified atom stereocenters. The highest BCUT2D eigenvalue weighted by Crippen LogP contribution is 2.28. The number of thiocarbonyl (C=S) groups is 1. The fourth-order valence-electron chi connectivity index (χ4n) is 1.47. The standard InChI is InChI=1S/C9H18N2S/c1-7(2)10-8(12)11-5-9(3,4)6-11/h7H,5-6H2,1-4H3,(H,10,12). The van der Waals surface area contributed by atoms with Crippen molar-refractivity contribution in [3.8, 4) is 0 Å². The van der Waals surface area contributed by atoms with Gasteiger partial charge in [0.25, 0.3) is 0 Å². The van der Waals surface area contributed by atoms with Crippen LogP contribution in [0.15, 0.2) is 0 Å². The van der Waals surface area contributed by atoms with Gasteiger partial charge in [0.05, 0.1) is 0 Å². The Hall–Kier alpha value is -0.310. The largest absolute Gasteiger partial charge is 0.360 e. The molecule has 70 valence electrons. The van der Waals surface area contributed by atoms with Gasteiger partial charge < -0.3 is 10.2 Å². The van der Waals surface area contributed by atoms with Crippen LogP contribution in [0.2, 0.25) is 0 Å². The number of nitrogens with one attached hydrogen (secondary N) is 1. The zero-order chi connectivity index (χ0) is 9.35. The Morgan fingerprint density at radius 1 is 1.42 bits per heavy atom. The molecule has 1 saturated heterocycles. The molecule has 1 aliphatic rings. The molecule has 1 rings (SSSR count). The fraction of sp³-hybridized carbons (Fsp3) is 0.889. The van der Waals surface area contributed by atoms with Crippen LogP contribution in [-0.4, -0.2) is 29.1 Å². The van der Waals surface area contributed by atoms with E-state index in [1.807, 2.05) is 0 Å². The van der Waals surface area contributed by atoms with E-state index in [2.05, 4.69) is 37.9 Å². The van der Waals surface area contributed by atoms with Crippen molar-refractivity contribution in [3.05, 3.63) is 0 Å². The Labute approximate surface area is 80.3 Å². The molecule has 1 fully saturated rings. The maximum absolute atomic E-state index is 5.22. The van der Waals surface area contributed by atoms with E-state index >= 15 is 0 Å². The number of hydrogen-bond donors (Lipinski definition) is 1. The van der Waals surface area contributed by atoms with Crippen molar-refractivity contribution >= 4 is 17.3 Å². The maximum atomic E-state index is 5.22. The molecule has 1 N–H and O–H groups in total.